The molecule has 2 N–H and O–H groups in total. The van der Waals surface area contributed by atoms with Crippen LogP contribution in [0.15, 0.2) is 18.2 Å². The van der Waals surface area contributed by atoms with Crippen LogP contribution in [0.25, 0.3) is 0 Å². The summed E-state index contributed by atoms with van der Waals surface area (Å²) in [5.74, 6) is 0.0944. The smallest absolute Gasteiger partial charge is 0.245 e. The summed E-state index contributed by atoms with van der Waals surface area (Å²) < 4.78 is 0. The van der Waals surface area contributed by atoms with Gasteiger partial charge in [0.25, 0.3) is 0 Å². The van der Waals surface area contributed by atoms with E-state index >= 15 is 0 Å². The maximum atomic E-state index is 12.1. The molecular formula is C17H27N3O. The van der Waals surface area contributed by atoms with Gasteiger partial charge in [0.15, 0.2) is 0 Å². The van der Waals surface area contributed by atoms with E-state index in [4.69, 9.17) is 0 Å². The molecule has 1 amide bonds. The van der Waals surface area contributed by atoms with Crippen LogP contribution in [0.4, 0.5) is 5.69 Å². The van der Waals surface area contributed by atoms with Crippen LogP contribution in [0.3, 0.4) is 0 Å². The van der Waals surface area contributed by atoms with Gasteiger partial charge >= 0.3 is 0 Å². The maximum absolute atomic E-state index is 12.1. The number of amides is 1. The molecule has 0 aromatic heterocycles. The largest absolute Gasteiger partial charge is 0.356 e. The highest BCUT2D eigenvalue weighted by atomic mass is 16.2. The van der Waals surface area contributed by atoms with Gasteiger partial charge in [-0.25, -0.2) is 0 Å². The van der Waals surface area contributed by atoms with Gasteiger partial charge in [0.1, 0.15) is 5.54 Å². The second kappa shape index (κ2) is 6.06. The Labute approximate surface area is 127 Å². The molecule has 1 aromatic carbocycles. The third-order valence-corrected chi connectivity index (χ3v) is 4.19. The van der Waals surface area contributed by atoms with Crippen LogP contribution in [0, 0.1) is 6.92 Å². The molecule has 0 unspecified atom stereocenters. The zero-order chi connectivity index (χ0) is 15.6. The Morgan fingerprint density at radius 1 is 1.38 bits per heavy atom. The Bertz CT molecular complexity index is 523. The molecule has 0 atom stereocenters. The summed E-state index contributed by atoms with van der Waals surface area (Å²) in [4.78, 5) is 14.3. The second-order valence-electron chi connectivity index (χ2n) is 6.61. The van der Waals surface area contributed by atoms with Gasteiger partial charge in [-0.15, -0.1) is 0 Å². The Morgan fingerprint density at radius 2 is 2.10 bits per heavy atom. The van der Waals surface area contributed by atoms with Gasteiger partial charge in [0.2, 0.25) is 5.91 Å². The molecule has 1 aromatic rings. The summed E-state index contributed by atoms with van der Waals surface area (Å²) in [6.07, 6.45) is 0. The van der Waals surface area contributed by atoms with Crippen LogP contribution in [0.1, 0.15) is 38.8 Å². The number of rotatable bonds is 4. The molecule has 1 fully saturated rings. The number of hydrogen-bond donors (Lipinski definition) is 2. The van der Waals surface area contributed by atoms with Crippen molar-refractivity contribution < 1.29 is 4.79 Å². The molecule has 1 saturated heterocycles. The number of benzene rings is 1. The van der Waals surface area contributed by atoms with Gasteiger partial charge in [-0.1, -0.05) is 19.9 Å². The van der Waals surface area contributed by atoms with Crippen LogP contribution in [-0.2, 0) is 11.3 Å². The van der Waals surface area contributed by atoms with E-state index < -0.39 is 5.54 Å². The third-order valence-electron chi connectivity index (χ3n) is 4.19. The average Bonchev–Trinajstić information content (AvgIpc) is 2.40. The molecule has 0 aliphatic carbocycles. The molecule has 4 heteroatoms. The van der Waals surface area contributed by atoms with Crippen molar-refractivity contribution in [3.8, 4) is 0 Å². The van der Waals surface area contributed by atoms with E-state index in [2.05, 4.69) is 54.5 Å². The number of anilines is 1. The minimum atomic E-state index is -0.498. The minimum Gasteiger partial charge on any atom is -0.356 e. The van der Waals surface area contributed by atoms with Gasteiger partial charge in [-0.2, -0.15) is 0 Å². The summed E-state index contributed by atoms with van der Waals surface area (Å²) in [6, 6.07) is 6.97. The number of hydrogen-bond acceptors (Lipinski definition) is 3. The third kappa shape index (κ3) is 3.38. The number of piperazine rings is 1. The first-order chi connectivity index (χ1) is 9.82. The highest BCUT2D eigenvalue weighted by Crippen LogP contribution is 2.27. The van der Waals surface area contributed by atoms with Gasteiger partial charge in [-0.3, -0.25) is 4.79 Å². The summed E-state index contributed by atoms with van der Waals surface area (Å²) >= 11 is 0. The topological polar surface area (TPSA) is 44.4 Å². The average molecular weight is 289 g/mol. The predicted molar refractivity (Wildman–Crippen MR) is 87.6 cm³/mol. The highest BCUT2D eigenvalue weighted by molar-refractivity contribution is 5.90. The molecule has 0 spiro atoms. The molecule has 21 heavy (non-hydrogen) atoms. The Balaban J connectivity index is 2.21. The zero-order valence-electron chi connectivity index (χ0n) is 13.8. The van der Waals surface area contributed by atoms with Crippen LogP contribution >= 0.6 is 0 Å². The summed E-state index contributed by atoms with van der Waals surface area (Å²) in [5, 5.41) is 6.39. The van der Waals surface area contributed by atoms with Gasteiger partial charge < -0.3 is 15.5 Å². The number of carbonyl (C=O) groups excluding carboxylic acids is 1. The SMILES string of the molecule is Cc1cc(N2CCNC(=O)C2(C)C)ccc1CNC(C)C. The first-order valence-electron chi connectivity index (χ1n) is 7.71. The van der Waals surface area contributed by atoms with E-state index in [0.717, 1.165) is 18.8 Å². The Hall–Kier alpha value is -1.55. The van der Waals surface area contributed by atoms with Gasteiger partial charge in [-0.05, 0) is 44.0 Å². The number of carbonyl (C=O) groups is 1. The van der Waals surface area contributed by atoms with Crippen molar-refractivity contribution in [2.24, 2.45) is 0 Å². The van der Waals surface area contributed by atoms with E-state index in [0.29, 0.717) is 12.6 Å². The van der Waals surface area contributed by atoms with E-state index in [-0.39, 0.29) is 5.91 Å². The fourth-order valence-corrected chi connectivity index (χ4v) is 2.71. The molecule has 1 aliphatic rings. The summed E-state index contributed by atoms with van der Waals surface area (Å²) in [5.41, 5.74) is 3.21. The maximum Gasteiger partial charge on any atom is 0.245 e. The van der Waals surface area contributed by atoms with Gasteiger partial charge in [0.05, 0.1) is 0 Å². The first-order valence-corrected chi connectivity index (χ1v) is 7.71. The monoisotopic (exact) mass is 289 g/mol. The predicted octanol–water partition coefficient (Wildman–Crippen LogP) is 2.21. The molecule has 0 saturated carbocycles. The molecule has 0 bridgehead atoms. The first kappa shape index (κ1) is 15.8. The Morgan fingerprint density at radius 3 is 2.71 bits per heavy atom. The van der Waals surface area contributed by atoms with Crippen molar-refractivity contribution in [3.63, 3.8) is 0 Å². The molecule has 1 heterocycles. The lowest BCUT2D eigenvalue weighted by molar-refractivity contribution is -0.126. The zero-order valence-corrected chi connectivity index (χ0v) is 13.8. The van der Waals surface area contributed by atoms with Crippen molar-refractivity contribution >= 4 is 11.6 Å². The van der Waals surface area contributed by atoms with E-state index in [1.54, 1.807) is 0 Å². The lowest BCUT2D eigenvalue weighted by atomic mass is 9.97. The van der Waals surface area contributed by atoms with Crippen molar-refractivity contribution in [2.75, 3.05) is 18.0 Å². The highest BCUT2D eigenvalue weighted by Gasteiger charge is 2.37. The molecule has 0 radical (unpaired) electrons. The van der Waals surface area contributed by atoms with Crippen LogP contribution in [0.2, 0.25) is 0 Å². The second-order valence-corrected chi connectivity index (χ2v) is 6.61. The quantitative estimate of drug-likeness (QED) is 0.893. The van der Waals surface area contributed by atoms with E-state index in [1.807, 2.05) is 13.8 Å². The lowest BCUT2D eigenvalue weighted by Crippen LogP contribution is -2.62. The number of aryl methyl sites for hydroxylation is 1. The summed E-state index contributed by atoms with van der Waals surface area (Å²) in [7, 11) is 0. The fraction of sp³-hybridized carbons (Fsp3) is 0.588. The number of nitrogens with one attached hydrogen (secondary N) is 2. The molecular weight excluding hydrogens is 262 g/mol. The van der Waals surface area contributed by atoms with Crippen LogP contribution in [0.5, 0.6) is 0 Å². The molecule has 116 valence electrons. The Kier molecular flexibility index (Phi) is 4.57. The summed E-state index contributed by atoms with van der Waals surface area (Å²) in [6.45, 7) is 12.8. The molecule has 2 rings (SSSR count). The minimum absolute atomic E-state index is 0.0944. The standard InChI is InChI=1S/C17H27N3O/c1-12(2)19-11-14-6-7-15(10-13(14)3)20-9-8-18-16(21)17(20,4)5/h6-7,10,12,19H,8-9,11H2,1-5H3,(H,18,21). The van der Waals surface area contributed by atoms with Crippen molar-refractivity contribution in [2.45, 2.75) is 52.7 Å². The normalized spacial score (nSPS) is 18.0. The van der Waals surface area contributed by atoms with Crippen LogP contribution < -0.4 is 15.5 Å². The molecule has 4 nitrogen and oxygen atoms in total. The van der Waals surface area contributed by atoms with Crippen LogP contribution in [-0.4, -0.2) is 30.6 Å². The van der Waals surface area contributed by atoms with Crippen molar-refractivity contribution in [1.82, 2.24) is 10.6 Å². The lowest BCUT2D eigenvalue weighted by Gasteiger charge is -2.43. The van der Waals surface area contributed by atoms with E-state index in [1.165, 1.54) is 11.1 Å². The fourth-order valence-electron chi connectivity index (χ4n) is 2.71. The molecule has 1 aliphatic heterocycles. The van der Waals surface area contributed by atoms with Gasteiger partial charge in [0, 0.05) is 31.4 Å². The number of nitrogens with zero attached hydrogens (tertiary/aromatic N) is 1. The van der Waals surface area contributed by atoms with Crippen molar-refractivity contribution in [1.29, 1.82) is 0 Å². The van der Waals surface area contributed by atoms with E-state index in [9.17, 15) is 4.79 Å². The van der Waals surface area contributed by atoms with Crippen molar-refractivity contribution in [3.05, 3.63) is 29.3 Å².